The highest BCUT2D eigenvalue weighted by Gasteiger charge is 2.70. The highest BCUT2D eigenvalue weighted by Crippen LogP contribution is 2.64. The number of hydrogen-bond acceptors (Lipinski definition) is 8. The normalized spacial score (nSPS) is 27.6. The first kappa shape index (κ1) is 33.8. The fourth-order valence-electron chi connectivity index (χ4n) is 8.09. The monoisotopic (exact) mass is 747 g/mol. The van der Waals surface area contributed by atoms with Crippen LogP contribution in [-0.2, 0) is 30.8 Å². The van der Waals surface area contributed by atoms with Crippen molar-refractivity contribution in [3.05, 3.63) is 98.1 Å². The van der Waals surface area contributed by atoms with Gasteiger partial charge in [-0.1, -0.05) is 64.7 Å². The number of hydrogen-bond donors (Lipinski definition) is 3. The van der Waals surface area contributed by atoms with E-state index in [0.717, 1.165) is 0 Å². The second kappa shape index (κ2) is 11.7. The van der Waals surface area contributed by atoms with Crippen molar-refractivity contribution in [2.24, 2.45) is 29.4 Å². The van der Waals surface area contributed by atoms with Crippen LogP contribution >= 0.6 is 34.8 Å². The molecule has 6 amide bonds. The van der Waals surface area contributed by atoms with Gasteiger partial charge in [0.05, 0.1) is 33.8 Å². The number of fused-ring (bicyclic) bond motifs is 4. The molecule has 11 nitrogen and oxygen atoms in total. The summed E-state index contributed by atoms with van der Waals surface area (Å²) in [7, 11) is 0. The minimum absolute atomic E-state index is 0.00635. The van der Waals surface area contributed by atoms with Crippen LogP contribution in [0.3, 0.4) is 0 Å². The Morgan fingerprint density at radius 1 is 0.960 bits per heavy atom. The molecule has 17 heteroatoms. The molecule has 2 aliphatic carbocycles. The zero-order valence-electron chi connectivity index (χ0n) is 25.2. The number of nitrogens with one attached hydrogen (secondary N) is 1. The van der Waals surface area contributed by atoms with Crippen molar-refractivity contribution < 1.29 is 42.3 Å². The number of allylic oxidation sites excluding steroid dienone is 2. The summed E-state index contributed by atoms with van der Waals surface area (Å²) in [5, 5.41) is 10.7. The van der Waals surface area contributed by atoms with Crippen molar-refractivity contribution in [3.8, 4) is 5.75 Å². The van der Waals surface area contributed by atoms with Gasteiger partial charge in [-0.25, -0.2) is 9.78 Å². The number of rotatable bonds is 4. The molecule has 3 heterocycles. The number of halogens is 6. The quantitative estimate of drug-likeness (QED) is 0.222. The van der Waals surface area contributed by atoms with Gasteiger partial charge in [0, 0.05) is 22.2 Å². The summed E-state index contributed by atoms with van der Waals surface area (Å²) < 4.78 is 40.1. The molecule has 6 atom stereocenters. The zero-order chi connectivity index (χ0) is 36.0. The standard InChI is InChI=1S/C33H23Cl3F3N5O6/c34-15-3-1-13(2-4-15)32-21(28(47)44(30(32)49)42-26-23(36)9-14(12-41-26)33(37,38)39)11-20-17(25(32)18-6-5-16(45)10-22(18)35)7-8-19-24(20)29(48)43(27(19)46)31(40)50/h1-7,9-10,12,19-21,24-25,45H,8,11H2,(H2,40,50)(H,41,42). The number of urea groups is 1. The number of aromatic nitrogens is 1. The molecule has 1 saturated carbocycles. The number of aromatic hydroxyl groups is 1. The Labute approximate surface area is 295 Å². The Balaban J connectivity index is 1.45. The first-order valence-corrected chi connectivity index (χ1v) is 16.2. The number of primary amides is 1. The average Bonchev–Trinajstić information content (AvgIpc) is 3.43. The predicted octanol–water partition coefficient (Wildman–Crippen LogP) is 5.83. The second-order valence-electron chi connectivity index (χ2n) is 12.5. The number of phenols is 1. The number of alkyl halides is 3. The Bertz CT molecular complexity index is 2060. The molecule has 0 spiro atoms. The molecule has 258 valence electrons. The minimum Gasteiger partial charge on any atom is -0.508 e. The lowest BCUT2D eigenvalue weighted by Gasteiger charge is -2.50. The number of amides is 6. The number of phenolic OH excluding ortho intramolecular Hbond substituents is 1. The van der Waals surface area contributed by atoms with Gasteiger partial charge in [-0.3, -0.25) is 24.6 Å². The van der Waals surface area contributed by atoms with Gasteiger partial charge in [-0.2, -0.15) is 23.1 Å². The summed E-state index contributed by atoms with van der Waals surface area (Å²) in [6.07, 6.45) is -2.76. The van der Waals surface area contributed by atoms with Crippen molar-refractivity contribution in [1.29, 1.82) is 0 Å². The van der Waals surface area contributed by atoms with E-state index >= 15 is 4.79 Å². The molecule has 2 aliphatic heterocycles. The van der Waals surface area contributed by atoms with Crippen LogP contribution in [0.15, 0.2) is 66.4 Å². The lowest BCUT2D eigenvalue weighted by molar-refractivity contribution is -0.140. The molecule has 6 unspecified atom stereocenters. The van der Waals surface area contributed by atoms with Crippen LogP contribution in [0.25, 0.3) is 0 Å². The zero-order valence-corrected chi connectivity index (χ0v) is 27.5. The third kappa shape index (κ3) is 4.87. The summed E-state index contributed by atoms with van der Waals surface area (Å²) in [6, 6.07) is 9.55. The first-order valence-electron chi connectivity index (χ1n) is 15.1. The number of hydrazine groups is 1. The van der Waals surface area contributed by atoms with E-state index in [9.17, 15) is 37.5 Å². The molecular formula is C33H23Cl3F3N5O6. The molecule has 2 aromatic carbocycles. The van der Waals surface area contributed by atoms with E-state index in [4.69, 9.17) is 40.5 Å². The third-order valence-corrected chi connectivity index (χ3v) is 10.9. The summed E-state index contributed by atoms with van der Waals surface area (Å²) in [4.78, 5) is 72.9. The summed E-state index contributed by atoms with van der Waals surface area (Å²) >= 11 is 19.2. The Morgan fingerprint density at radius 2 is 1.66 bits per heavy atom. The van der Waals surface area contributed by atoms with Crippen LogP contribution in [0.1, 0.15) is 35.4 Å². The number of imide groups is 4. The molecule has 2 saturated heterocycles. The van der Waals surface area contributed by atoms with Gasteiger partial charge in [0.2, 0.25) is 11.8 Å². The highest BCUT2D eigenvalue weighted by molar-refractivity contribution is 6.33. The topological polar surface area (TPSA) is 163 Å². The molecule has 0 radical (unpaired) electrons. The van der Waals surface area contributed by atoms with Crippen molar-refractivity contribution in [2.45, 2.75) is 30.4 Å². The van der Waals surface area contributed by atoms with Crippen molar-refractivity contribution >= 4 is 70.3 Å². The van der Waals surface area contributed by atoms with Crippen LogP contribution in [0.2, 0.25) is 15.1 Å². The fourth-order valence-corrected chi connectivity index (χ4v) is 8.71. The number of nitrogens with zero attached hydrogens (tertiary/aromatic N) is 3. The molecule has 7 rings (SSSR count). The van der Waals surface area contributed by atoms with Crippen LogP contribution in [-0.4, -0.2) is 49.7 Å². The third-order valence-electron chi connectivity index (χ3n) is 10.1. The lowest BCUT2D eigenvalue weighted by atomic mass is 9.49. The molecule has 3 fully saturated rings. The van der Waals surface area contributed by atoms with Crippen LogP contribution in [0, 0.1) is 23.7 Å². The number of carbonyl (C=O) groups is 5. The number of pyridine rings is 1. The van der Waals surface area contributed by atoms with Crippen molar-refractivity contribution in [1.82, 2.24) is 14.9 Å². The SMILES string of the molecule is NC(=O)N1C(=O)C2CC=C3C(CC4C(=O)N(Nc5ncc(C(F)(F)F)cc5Cl)C(=O)C4(c4ccc(Cl)cc4)C3c3ccc(O)cc3Cl)C2C1=O. The minimum atomic E-state index is -4.77. The Kier molecular flexibility index (Phi) is 7.92. The number of likely N-dealkylation sites (tertiary alicyclic amines) is 1. The fraction of sp³-hybridized carbons (Fsp3) is 0.273. The van der Waals surface area contributed by atoms with E-state index in [0.29, 0.717) is 38.3 Å². The maximum absolute atomic E-state index is 15.1. The largest absolute Gasteiger partial charge is 0.508 e. The molecule has 1 aromatic heterocycles. The number of benzene rings is 2. The van der Waals surface area contributed by atoms with Gasteiger partial charge in [0.25, 0.3) is 11.8 Å². The maximum atomic E-state index is 15.1. The summed E-state index contributed by atoms with van der Waals surface area (Å²) in [6.45, 7) is 0. The summed E-state index contributed by atoms with van der Waals surface area (Å²) in [5.41, 5.74) is 6.01. The van der Waals surface area contributed by atoms with E-state index in [1.807, 2.05) is 0 Å². The van der Waals surface area contributed by atoms with Crippen LogP contribution < -0.4 is 11.2 Å². The Hall–Kier alpha value is -4.66. The van der Waals surface area contributed by atoms with Gasteiger partial charge in [0.15, 0.2) is 5.82 Å². The molecule has 50 heavy (non-hydrogen) atoms. The molecule has 3 aromatic rings. The predicted molar refractivity (Wildman–Crippen MR) is 171 cm³/mol. The number of carbonyl (C=O) groups excluding carboxylic acids is 5. The van der Waals surface area contributed by atoms with E-state index in [1.165, 1.54) is 30.3 Å². The highest BCUT2D eigenvalue weighted by atomic mass is 35.5. The van der Waals surface area contributed by atoms with Crippen molar-refractivity contribution in [3.63, 3.8) is 0 Å². The average molecular weight is 749 g/mol. The van der Waals surface area contributed by atoms with Gasteiger partial charge >= 0.3 is 12.2 Å². The molecule has 0 bridgehead atoms. The molecule has 4 N–H and O–H groups in total. The summed E-state index contributed by atoms with van der Waals surface area (Å²) in [5.74, 6) is -9.31. The van der Waals surface area contributed by atoms with Gasteiger partial charge in [-0.05, 0) is 60.2 Å². The van der Waals surface area contributed by atoms with E-state index in [2.05, 4.69) is 10.4 Å². The van der Waals surface area contributed by atoms with Crippen LogP contribution in [0.4, 0.5) is 23.8 Å². The molecule has 4 aliphatic rings. The van der Waals surface area contributed by atoms with Gasteiger partial charge < -0.3 is 10.8 Å². The van der Waals surface area contributed by atoms with Gasteiger partial charge in [0.1, 0.15) is 5.75 Å². The Morgan fingerprint density at radius 3 is 2.28 bits per heavy atom. The molecular weight excluding hydrogens is 726 g/mol. The number of anilines is 1. The lowest BCUT2D eigenvalue weighted by Crippen LogP contribution is -2.53. The maximum Gasteiger partial charge on any atom is 0.417 e. The number of nitrogens with two attached hydrogens (primary N) is 1. The van der Waals surface area contributed by atoms with E-state index < -0.39 is 87.2 Å². The van der Waals surface area contributed by atoms with Crippen molar-refractivity contribution in [2.75, 3.05) is 5.43 Å². The van der Waals surface area contributed by atoms with Crippen LogP contribution in [0.5, 0.6) is 5.75 Å². The van der Waals surface area contributed by atoms with E-state index in [-0.39, 0.29) is 29.2 Å². The smallest absolute Gasteiger partial charge is 0.417 e. The van der Waals surface area contributed by atoms with Gasteiger partial charge in [-0.15, -0.1) is 0 Å². The first-order chi connectivity index (χ1) is 23.6. The second-order valence-corrected chi connectivity index (χ2v) is 13.7. The van der Waals surface area contributed by atoms with E-state index in [1.54, 1.807) is 18.2 Å².